The maximum Gasteiger partial charge on any atom is 0.262 e. The molecule has 0 spiro atoms. The number of amides is 1. The van der Waals surface area contributed by atoms with E-state index in [0.717, 1.165) is 53.8 Å². The van der Waals surface area contributed by atoms with Crippen molar-refractivity contribution >= 4 is 50.6 Å². The second-order valence-corrected chi connectivity index (χ2v) is 10.4. The number of benzene rings is 1. The third kappa shape index (κ3) is 3.87. The van der Waals surface area contributed by atoms with E-state index in [1.165, 1.54) is 40.7 Å². The summed E-state index contributed by atoms with van der Waals surface area (Å²) in [6.45, 7) is 4.23. The SMILES string of the molecule is Cc1cc(N2CCCC2)ccc1NC(=O)CSc1nc2sc3c(c2c(=O)n1C)CCC3. The first-order valence-electron chi connectivity index (χ1n) is 10.8. The summed E-state index contributed by atoms with van der Waals surface area (Å²) in [5.74, 6) is 0.120. The monoisotopic (exact) mass is 454 g/mol. The van der Waals surface area contributed by atoms with Gasteiger partial charge in [0.05, 0.1) is 11.1 Å². The van der Waals surface area contributed by atoms with E-state index in [4.69, 9.17) is 4.98 Å². The van der Waals surface area contributed by atoms with Crippen molar-refractivity contribution in [2.24, 2.45) is 7.05 Å². The zero-order chi connectivity index (χ0) is 21.5. The zero-order valence-corrected chi connectivity index (χ0v) is 19.5. The molecule has 5 rings (SSSR count). The molecule has 8 heteroatoms. The number of thioether (sulfide) groups is 1. The molecule has 162 valence electrons. The molecule has 6 nitrogen and oxygen atoms in total. The highest BCUT2D eigenvalue weighted by molar-refractivity contribution is 7.99. The highest BCUT2D eigenvalue weighted by Crippen LogP contribution is 2.35. The van der Waals surface area contributed by atoms with Crippen LogP contribution in [0.2, 0.25) is 0 Å². The van der Waals surface area contributed by atoms with Crippen molar-refractivity contribution in [1.29, 1.82) is 0 Å². The van der Waals surface area contributed by atoms with Gasteiger partial charge in [-0.15, -0.1) is 11.3 Å². The number of carbonyl (C=O) groups excluding carboxylic acids is 1. The normalized spacial score (nSPS) is 15.6. The molecule has 1 aliphatic heterocycles. The van der Waals surface area contributed by atoms with Gasteiger partial charge in [-0.1, -0.05) is 11.8 Å². The smallest absolute Gasteiger partial charge is 0.262 e. The van der Waals surface area contributed by atoms with Gasteiger partial charge in [-0.3, -0.25) is 14.2 Å². The molecule has 3 heterocycles. The van der Waals surface area contributed by atoms with Crippen LogP contribution >= 0.6 is 23.1 Å². The molecule has 31 heavy (non-hydrogen) atoms. The van der Waals surface area contributed by atoms with Gasteiger partial charge in [0.25, 0.3) is 5.56 Å². The van der Waals surface area contributed by atoms with Gasteiger partial charge in [0, 0.05) is 36.4 Å². The van der Waals surface area contributed by atoms with Crippen molar-refractivity contribution in [2.45, 2.75) is 44.2 Å². The van der Waals surface area contributed by atoms with Crippen LogP contribution in [0.25, 0.3) is 10.2 Å². The first-order valence-corrected chi connectivity index (χ1v) is 12.6. The number of rotatable bonds is 5. The molecule has 1 saturated heterocycles. The lowest BCUT2D eigenvalue weighted by molar-refractivity contribution is -0.113. The molecule has 1 fully saturated rings. The van der Waals surface area contributed by atoms with E-state index in [-0.39, 0.29) is 17.2 Å². The number of thiophene rings is 1. The summed E-state index contributed by atoms with van der Waals surface area (Å²) in [5, 5.41) is 4.38. The van der Waals surface area contributed by atoms with E-state index in [2.05, 4.69) is 22.3 Å². The quantitative estimate of drug-likeness (QED) is 0.464. The van der Waals surface area contributed by atoms with Crippen LogP contribution in [0, 0.1) is 6.92 Å². The Kier molecular flexibility index (Phi) is 5.52. The summed E-state index contributed by atoms with van der Waals surface area (Å²) >= 11 is 2.94. The minimum atomic E-state index is -0.0926. The summed E-state index contributed by atoms with van der Waals surface area (Å²) in [6, 6.07) is 6.21. The lowest BCUT2D eigenvalue weighted by atomic mass is 10.1. The minimum Gasteiger partial charge on any atom is -0.372 e. The van der Waals surface area contributed by atoms with Gasteiger partial charge in [0.2, 0.25) is 5.91 Å². The molecule has 0 atom stereocenters. The van der Waals surface area contributed by atoms with Crippen molar-refractivity contribution < 1.29 is 4.79 Å². The number of anilines is 2. The molecule has 2 aliphatic rings. The van der Waals surface area contributed by atoms with E-state index in [9.17, 15) is 9.59 Å². The number of aromatic nitrogens is 2. The molecule has 2 aromatic heterocycles. The standard InChI is InChI=1S/C23H26N4O2S2/c1-14-12-15(27-10-3-4-11-27)8-9-17(14)24-19(28)13-30-23-25-21-20(22(29)26(23)2)16-6-5-7-18(16)31-21/h8-9,12H,3-7,10-11,13H2,1-2H3,(H,24,28). The third-order valence-electron chi connectivity index (χ3n) is 6.19. The Hall–Kier alpha value is -2.32. The second-order valence-electron chi connectivity index (χ2n) is 8.33. The summed E-state index contributed by atoms with van der Waals surface area (Å²) in [6.07, 6.45) is 5.61. The fraction of sp³-hybridized carbons (Fsp3) is 0.435. The predicted octanol–water partition coefficient (Wildman–Crippen LogP) is 4.12. The zero-order valence-electron chi connectivity index (χ0n) is 17.9. The summed E-state index contributed by atoms with van der Waals surface area (Å²) in [7, 11) is 1.75. The van der Waals surface area contributed by atoms with Crippen LogP contribution in [-0.2, 0) is 24.7 Å². The Morgan fingerprint density at radius 2 is 2.03 bits per heavy atom. The summed E-state index contributed by atoms with van der Waals surface area (Å²) < 4.78 is 1.59. The lowest BCUT2D eigenvalue weighted by Crippen LogP contribution is -2.21. The Balaban J connectivity index is 1.28. The molecule has 0 bridgehead atoms. The van der Waals surface area contributed by atoms with Crippen molar-refractivity contribution in [3.63, 3.8) is 0 Å². The fourth-order valence-corrected chi connectivity index (χ4v) is 6.59. The van der Waals surface area contributed by atoms with Crippen LogP contribution in [-0.4, -0.2) is 34.3 Å². The molecule has 0 radical (unpaired) electrons. The molecule has 1 amide bonds. The van der Waals surface area contributed by atoms with Crippen molar-refractivity contribution in [3.8, 4) is 0 Å². The molecule has 0 unspecified atom stereocenters. The van der Waals surface area contributed by atoms with Gasteiger partial charge in [-0.05, 0) is 68.4 Å². The van der Waals surface area contributed by atoms with Gasteiger partial charge in [-0.2, -0.15) is 0 Å². The highest BCUT2D eigenvalue weighted by atomic mass is 32.2. The minimum absolute atomic E-state index is 0.000606. The first-order chi connectivity index (χ1) is 15.0. The molecule has 1 aliphatic carbocycles. The summed E-state index contributed by atoms with van der Waals surface area (Å²) in [5.41, 5.74) is 4.30. The van der Waals surface area contributed by atoms with Gasteiger partial charge in [-0.25, -0.2) is 4.98 Å². The number of aryl methyl sites for hydroxylation is 3. The van der Waals surface area contributed by atoms with Crippen LogP contribution in [0.3, 0.4) is 0 Å². The van der Waals surface area contributed by atoms with Crippen LogP contribution in [0.15, 0.2) is 28.2 Å². The number of nitrogens with one attached hydrogen (secondary N) is 1. The average Bonchev–Trinajstić information content (AvgIpc) is 3.48. The van der Waals surface area contributed by atoms with E-state index in [1.54, 1.807) is 23.0 Å². The number of hydrogen-bond donors (Lipinski definition) is 1. The molecule has 0 saturated carbocycles. The van der Waals surface area contributed by atoms with Gasteiger partial charge < -0.3 is 10.2 Å². The highest BCUT2D eigenvalue weighted by Gasteiger charge is 2.22. The Morgan fingerprint density at radius 3 is 2.81 bits per heavy atom. The molecule has 1 aromatic carbocycles. The van der Waals surface area contributed by atoms with E-state index >= 15 is 0 Å². The third-order valence-corrected chi connectivity index (χ3v) is 8.41. The van der Waals surface area contributed by atoms with Crippen molar-refractivity contribution in [3.05, 3.63) is 44.6 Å². The fourth-order valence-electron chi connectivity index (χ4n) is 4.51. The number of fused-ring (bicyclic) bond motifs is 3. The second kappa shape index (κ2) is 8.31. The number of nitrogens with zero attached hydrogens (tertiary/aromatic N) is 3. The van der Waals surface area contributed by atoms with Gasteiger partial charge in [0.1, 0.15) is 4.83 Å². The molecular formula is C23H26N4O2S2. The maximum absolute atomic E-state index is 12.9. The molecule has 1 N–H and O–H groups in total. The first kappa shape index (κ1) is 20.6. The topological polar surface area (TPSA) is 67.2 Å². The summed E-state index contributed by atoms with van der Waals surface area (Å²) in [4.78, 5) is 34.7. The predicted molar refractivity (Wildman–Crippen MR) is 129 cm³/mol. The van der Waals surface area contributed by atoms with Crippen LogP contribution in [0.4, 0.5) is 11.4 Å². The van der Waals surface area contributed by atoms with Crippen LogP contribution in [0.1, 0.15) is 35.3 Å². The Morgan fingerprint density at radius 1 is 1.23 bits per heavy atom. The lowest BCUT2D eigenvalue weighted by Gasteiger charge is -2.19. The number of hydrogen-bond acceptors (Lipinski definition) is 6. The van der Waals surface area contributed by atoms with E-state index in [0.29, 0.717) is 5.16 Å². The molecular weight excluding hydrogens is 428 g/mol. The van der Waals surface area contributed by atoms with Crippen LogP contribution in [0.5, 0.6) is 0 Å². The Bertz CT molecular complexity index is 1220. The largest absolute Gasteiger partial charge is 0.372 e. The maximum atomic E-state index is 12.9. The number of carbonyl (C=O) groups is 1. The van der Waals surface area contributed by atoms with Crippen molar-refractivity contribution in [1.82, 2.24) is 9.55 Å². The van der Waals surface area contributed by atoms with E-state index in [1.807, 2.05) is 13.0 Å². The van der Waals surface area contributed by atoms with Gasteiger partial charge in [0.15, 0.2) is 5.16 Å². The van der Waals surface area contributed by atoms with Crippen LogP contribution < -0.4 is 15.8 Å². The average molecular weight is 455 g/mol. The van der Waals surface area contributed by atoms with Crippen molar-refractivity contribution in [2.75, 3.05) is 29.1 Å². The molecule has 3 aromatic rings. The van der Waals surface area contributed by atoms with E-state index < -0.39 is 0 Å². The Labute approximate surface area is 189 Å². The van der Waals surface area contributed by atoms with Gasteiger partial charge >= 0.3 is 0 Å².